The highest BCUT2D eigenvalue weighted by atomic mass is 31.2. The first-order chi connectivity index (χ1) is 16.5. The molecule has 0 aromatic carbocycles. The lowest BCUT2D eigenvalue weighted by molar-refractivity contribution is -0.118. The van der Waals surface area contributed by atoms with Crippen molar-refractivity contribution < 1.29 is 18.4 Å². The average Bonchev–Trinajstić information content (AvgIpc) is 3.19. The van der Waals surface area contributed by atoms with Gasteiger partial charge < -0.3 is 9.05 Å². The second kappa shape index (κ2) is 10.4. The van der Waals surface area contributed by atoms with Crippen molar-refractivity contribution >= 4 is 13.1 Å². The van der Waals surface area contributed by atoms with E-state index in [-0.39, 0.29) is 10.9 Å². The minimum atomic E-state index is -3.78. The van der Waals surface area contributed by atoms with Crippen LogP contribution in [0.25, 0.3) is 0 Å². The first kappa shape index (κ1) is 27.6. The monoisotopic (exact) mass is 506 g/mol. The maximum absolute atomic E-state index is 13.6. The van der Waals surface area contributed by atoms with Crippen molar-refractivity contribution in [3.8, 4) is 0 Å². The Labute approximate surface area is 214 Å². The molecule has 0 aromatic heterocycles. The van der Waals surface area contributed by atoms with E-state index in [1.165, 1.54) is 72.0 Å². The summed E-state index contributed by atoms with van der Waals surface area (Å²) in [5, 5.41) is 0. The average molecular weight is 507 g/mol. The number of hydrogen-bond donors (Lipinski definition) is 0. The molecule has 4 aliphatic carbocycles. The van der Waals surface area contributed by atoms with E-state index in [1.54, 1.807) is 0 Å². The fourth-order valence-corrected chi connectivity index (χ4v) is 10.8. The van der Waals surface area contributed by atoms with E-state index >= 15 is 0 Å². The normalized spacial score (nSPS) is 40.0. The Bertz CT molecular complexity index is 856. The van der Waals surface area contributed by atoms with Gasteiger partial charge in [0.25, 0.3) is 5.52 Å². The summed E-state index contributed by atoms with van der Waals surface area (Å²) < 4.78 is 23.5. The molecule has 0 bridgehead atoms. The standard InChI is InChI=1S/C30H51O4P/c1-20(2)10-8-11-21(3)24-16-17-25-23-15-14-22-12-9-13-27(28(31)35(32,33-6)34-7)30(22,5)26(23)18-19-29(24,25)4/h13,20-26H,8-12,14-19H2,1-7H3/t21-,22?,23+,24-,25+,26+,29-,30+/m1/s1. The van der Waals surface area contributed by atoms with Crippen LogP contribution in [0.5, 0.6) is 0 Å². The highest BCUT2D eigenvalue weighted by Gasteiger charge is 2.62. The quantitative estimate of drug-likeness (QED) is 0.294. The molecule has 0 spiro atoms. The fraction of sp³-hybridized carbons (Fsp3) is 0.900. The zero-order chi connectivity index (χ0) is 25.6. The molecule has 3 saturated carbocycles. The van der Waals surface area contributed by atoms with Crippen LogP contribution in [-0.4, -0.2) is 19.7 Å². The highest BCUT2D eigenvalue weighted by molar-refractivity contribution is 7.72. The van der Waals surface area contributed by atoms with Gasteiger partial charge in [0, 0.05) is 25.2 Å². The van der Waals surface area contributed by atoms with E-state index in [2.05, 4.69) is 40.7 Å². The lowest BCUT2D eigenvalue weighted by atomic mass is 9.44. The third-order valence-electron chi connectivity index (χ3n) is 11.5. The van der Waals surface area contributed by atoms with Crippen molar-refractivity contribution in [1.29, 1.82) is 0 Å². The minimum Gasteiger partial charge on any atom is -0.306 e. The van der Waals surface area contributed by atoms with Crippen molar-refractivity contribution in [1.82, 2.24) is 0 Å². The highest BCUT2D eigenvalue weighted by Crippen LogP contribution is 2.70. The van der Waals surface area contributed by atoms with Crippen molar-refractivity contribution in [2.45, 2.75) is 105 Å². The number of carbonyl (C=O) groups excluding carboxylic acids is 1. The number of fused-ring (bicyclic) bond motifs is 5. The molecule has 0 saturated heterocycles. The molecule has 200 valence electrons. The smallest absolute Gasteiger partial charge is 0.306 e. The van der Waals surface area contributed by atoms with Crippen LogP contribution < -0.4 is 0 Å². The van der Waals surface area contributed by atoms with Crippen LogP contribution in [0.2, 0.25) is 0 Å². The second-order valence-electron chi connectivity index (χ2n) is 13.3. The molecular weight excluding hydrogens is 455 g/mol. The van der Waals surface area contributed by atoms with Crippen LogP contribution in [0.15, 0.2) is 11.6 Å². The lowest BCUT2D eigenvalue weighted by Gasteiger charge is -2.60. The molecule has 0 aliphatic heterocycles. The summed E-state index contributed by atoms with van der Waals surface area (Å²) in [7, 11) is -1.11. The molecule has 0 N–H and O–H groups in total. The molecule has 0 heterocycles. The van der Waals surface area contributed by atoms with E-state index in [1.807, 2.05) is 0 Å². The van der Waals surface area contributed by atoms with Crippen molar-refractivity contribution in [3.63, 3.8) is 0 Å². The number of carbonyl (C=O) groups is 1. The first-order valence-electron chi connectivity index (χ1n) is 14.5. The second-order valence-corrected chi connectivity index (χ2v) is 15.5. The van der Waals surface area contributed by atoms with Gasteiger partial charge in [-0.2, -0.15) is 0 Å². The molecule has 5 heteroatoms. The molecule has 0 radical (unpaired) electrons. The van der Waals surface area contributed by atoms with E-state index < -0.39 is 7.60 Å². The van der Waals surface area contributed by atoms with E-state index in [0.29, 0.717) is 23.2 Å². The van der Waals surface area contributed by atoms with Gasteiger partial charge in [-0.05, 0) is 98.2 Å². The van der Waals surface area contributed by atoms with Crippen LogP contribution in [0.1, 0.15) is 105 Å². The lowest BCUT2D eigenvalue weighted by Crippen LogP contribution is -2.54. The van der Waals surface area contributed by atoms with Crippen LogP contribution in [-0.2, 0) is 18.4 Å². The molecule has 35 heavy (non-hydrogen) atoms. The summed E-state index contributed by atoms with van der Waals surface area (Å²) in [6, 6.07) is 0. The molecule has 4 rings (SSSR count). The molecule has 0 amide bonds. The number of rotatable bonds is 9. The Morgan fingerprint density at radius 3 is 2.37 bits per heavy atom. The van der Waals surface area contributed by atoms with Gasteiger partial charge in [-0.1, -0.05) is 60.0 Å². The molecule has 1 unspecified atom stereocenters. The zero-order valence-corrected chi connectivity index (χ0v) is 24.4. The SMILES string of the molecule is COP(=O)(OC)C(=O)C1=CCCC2CC[C@H]3[C@@H]4CC[C@H]([C@H](C)CCCC(C)C)[C@@]4(C)CC[C@@H]3[C@@]12C. The number of allylic oxidation sites excluding steroid dienone is 2. The molecule has 4 aliphatic rings. The van der Waals surface area contributed by atoms with Crippen LogP contribution in [0.4, 0.5) is 0 Å². The molecule has 4 nitrogen and oxygen atoms in total. The van der Waals surface area contributed by atoms with Gasteiger partial charge in [-0.3, -0.25) is 9.36 Å². The summed E-state index contributed by atoms with van der Waals surface area (Å²) in [6.45, 7) is 12.2. The van der Waals surface area contributed by atoms with Crippen molar-refractivity contribution in [2.75, 3.05) is 14.2 Å². The van der Waals surface area contributed by atoms with Gasteiger partial charge in [0.1, 0.15) is 0 Å². The van der Waals surface area contributed by atoms with Gasteiger partial charge in [-0.25, -0.2) is 0 Å². The van der Waals surface area contributed by atoms with E-state index in [4.69, 9.17) is 9.05 Å². The zero-order valence-electron chi connectivity index (χ0n) is 23.5. The topological polar surface area (TPSA) is 52.6 Å². The fourth-order valence-electron chi connectivity index (χ4n) is 9.67. The third-order valence-corrected chi connectivity index (χ3v) is 13.2. The van der Waals surface area contributed by atoms with Crippen molar-refractivity contribution in [3.05, 3.63) is 11.6 Å². The summed E-state index contributed by atoms with van der Waals surface area (Å²) in [5.41, 5.74) is 0.591. The van der Waals surface area contributed by atoms with Crippen LogP contribution in [0, 0.1) is 52.3 Å². The Kier molecular flexibility index (Phi) is 8.18. The predicted molar refractivity (Wildman–Crippen MR) is 143 cm³/mol. The van der Waals surface area contributed by atoms with Crippen molar-refractivity contribution in [2.24, 2.45) is 52.3 Å². The summed E-state index contributed by atoms with van der Waals surface area (Å²) in [4.78, 5) is 13.6. The molecule has 0 aromatic rings. The van der Waals surface area contributed by atoms with Gasteiger partial charge in [-0.15, -0.1) is 0 Å². The molecule has 3 fully saturated rings. The van der Waals surface area contributed by atoms with Gasteiger partial charge in [0.05, 0.1) is 0 Å². The maximum atomic E-state index is 13.6. The maximum Gasteiger partial charge on any atom is 0.400 e. The largest absolute Gasteiger partial charge is 0.400 e. The van der Waals surface area contributed by atoms with E-state index in [9.17, 15) is 9.36 Å². The Hall–Kier alpha value is -0.440. The minimum absolute atomic E-state index is 0.215. The van der Waals surface area contributed by atoms with Crippen LogP contribution >= 0.6 is 7.60 Å². The third kappa shape index (κ3) is 4.57. The first-order valence-corrected chi connectivity index (χ1v) is 16.0. The summed E-state index contributed by atoms with van der Waals surface area (Å²) in [6.07, 6.45) is 15.9. The molecule has 8 atom stereocenters. The summed E-state index contributed by atoms with van der Waals surface area (Å²) in [5.74, 6) is 4.84. The van der Waals surface area contributed by atoms with Gasteiger partial charge in [0.2, 0.25) is 0 Å². The predicted octanol–water partition coefficient (Wildman–Crippen LogP) is 8.66. The van der Waals surface area contributed by atoms with Gasteiger partial charge in [0.15, 0.2) is 0 Å². The van der Waals surface area contributed by atoms with Crippen LogP contribution in [0.3, 0.4) is 0 Å². The molecular formula is C30H51O4P. The number of hydrogen-bond acceptors (Lipinski definition) is 4. The Morgan fingerprint density at radius 2 is 1.71 bits per heavy atom. The Balaban J connectivity index is 1.58. The van der Waals surface area contributed by atoms with Gasteiger partial charge >= 0.3 is 7.60 Å². The Morgan fingerprint density at radius 1 is 1.00 bits per heavy atom. The van der Waals surface area contributed by atoms with E-state index in [0.717, 1.165) is 42.1 Å². The summed E-state index contributed by atoms with van der Waals surface area (Å²) >= 11 is 0.